The van der Waals surface area contributed by atoms with Crippen LogP contribution in [0.2, 0.25) is 0 Å². The molecule has 0 aromatic rings. The normalized spacial score (nSPS) is 12.5. The van der Waals surface area contributed by atoms with Gasteiger partial charge in [-0.2, -0.15) is 0 Å². The summed E-state index contributed by atoms with van der Waals surface area (Å²) in [4.78, 5) is 16.4. The van der Waals surface area contributed by atoms with E-state index in [0.29, 0.717) is 0 Å². The van der Waals surface area contributed by atoms with Crippen LogP contribution in [0.15, 0.2) is 29.0 Å². The molecule has 0 unspecified atom stereocenters. The molecule has 0 spiro atoms. The molecule has 0 fully saturated rings. The predicted molar refractivity (Wildman–Crippen MR) is 54.4 cm³/mol. The summed E-state index contributed by atoms with van der Waals surface area (Å²) in [7, 11) is 3.24. The molecule has 0 saturated carbocycles. The summed E-state index contributed by atoms with van der Waals surface area (Å²) in [6.07, 6.45) is 2.54. The van der Waals surface area contributed by atoms with Crippen LogP contribution >= 0.6 is 11.6 Å². The lowest BCUT2D eigenvalue weighted by molar-refractivity contribution is -0.121. The Morgan fingerprint density at radius 2 is 2.15 bits per heavy atom. The van der Waals surface area contributed by atoms with E-state index in [1.165, 1.54) is 17.2 Å². The summed E-state index contributed by atoms with van der Waals surface area (Å²) in [6, 6.07) is 0. The molecule has 0 aliphatic carbocycles. The zero-order valence-electron chi connectivity index (χ0n) is 7.62. The highest BCUT2D eigenvalue weighted by molar-refractivity contribution is 6.43. The van der Waals surface area contributed by atoms with Crippen molar-refractivity contribution < 1.29 is 4.79 Å². The molecule has 0 aromatic carbocycles. The molecule has 0 aliphatic rings. The first-order valence-electron chi connectivity index (χ1n) is 3.52. The molecule has 4 nitrogen and oxygen atoms in total. The molecule has 0 rings (SSSR count). The van der Waals surface area contributed by atoms with Crippen molar-refractivity contribution in [1.82, 2.24) is 4.90 Å². The quantitative estimate of drug-likeness (QED) is 0.540. The molecule has 0 saturated heterocycles. The van der Waals surface area contributed by atoms with Crippen LogP contribution in [-0.4, -0.2) is 30.6 Å². The van der Waals surface area contributed by atoms with E-state index in [9.17, 15) is 4.79 Å². The summed E-state index contributed by atoms with van der Waals surface area (Å²) in [5, 5.41) is 0.0194. The first-order valence-corrected chi connectivity index (χ1v) is 3.90. The van der Waals surface area contributed by atoms with E-state index >= 15 is 0 Å². The van der Waals surface area contributed by atoms with Gasteiger partial charge in [0, 0.05) is 14.1 Å². The second kappa shape index (κ2) is 5.37. The Hall–Kier alpha value is -1.29. The van der Waals surface area contributed by atoms with Gasteiger partial charge < -0.3 is 10.6 Å². The molecule has 13 heavy (non-hydrogen) atoms. The third-order valence-corrected chi connectivity index (χ3v) is 1.24. The van der Waals surface area contributed by atoms with Crippen molar-refractivity contribution in [3.8, 4) is 0 Å². The number of carbonyl (C=O) groups is 1. The summed E-state index contributed by atoms with van der Waals surface area (Å²) in [6.45, 7) is 3.45. The van der Waals surface area contributed by atoms with Crippen molar-refractivity contribution in [2.75, 3.05) is 14.1 Å². The number of hydrogen-bond donors (Lipinski definition) is 1. The highest BCUT2D eigenvalue weighted by atomic mass is 35.5. The molecule has 0 aromatic heterocycles. The fourth-order valence-electron chi connectivity index (χ4n) is 0.556. The van der Waals surface area contributed by atoms with Gasteiger partial charge in [0.2, 0.25) is 0 Å². The molecule has 0 atom stereocenters. The lowest BCUT2D eigenvalue weighted by Crippen LogP contribution is -2.28. The van der Waals surface area contributed by atoms with Crippen LogP contribution in [0.5, 0.6) is 0 Å². The first kappa shape index (κ1) is 11.7. The molecule has 0 bridgehead atoms. The van der Waals surface area contributed by atoms with E-state index in [-0.39, 0.29) is 16.8 Å². The van der Waals surface area contributed by atoms with E-state index in [1.54, 1.807) is 14.1 Å². The monoisotopic (exact) mass is 201 g/mol. The van der Waals surface area contributed by atoms with Crippen LogP contribution in [0.25, 0.3) is 0 Å². The van der Waals surface area contributed by atoms with Gasteiger partial charge in [-0.15, -0.1) is 0 Å². The average molecular weight is 202 g/mol. The molecular weight excluding hydrogens is 190 g/mol. The Morgan fingerprint density at radius 1 is 1.62 bits per heavy atom. The van der Waals surface area contributed by atoms with Crippen LogP contribution in [0, 0.1) is 0 Å². The van der Waals surface area contributed by atoms with Gasteiger partial charge >= 0.3 is 0 Å². The second-order valence-corrected chi connectivity index (χ2v) is 2.87. The smallest absolute Gasteiger partial charge is 0.271 e. The van der Waals surface area contributed by atoms with Gasteiger partial charge in [-0.1, -0.05) is 18.2 Å². The van der Waals surface area contributed by atoms with Crippen LogP contribution in [0.4, 0.5) is 0 Å². The number of nitrogens with two attached hydrogens (primary N) is 1. The fraction of sp³-hybridized carbons (Fsp3) is 0.250. The average Bonchev–Trinajstić information content (AvgIpc) is 2.04. The topological polar surface area (TPSA) is 58.7 Å². The molecular formula is C8H12ClN3O. The van der Waals surface area contributed by atoms with E-state index in [1.807, 2.05) is 0 Å². The lowest BCUT2D eigenvalue weighted by Gasteiger charge is -2.08. The number of carbonyl (C=O) groups excluding carboxylic acids is 1. The molecule has 5 heteroatoms. The number of amides is 1. The number of halogens is 1. The first-order chi connectivity index (χ1) is 5.99. The van der Waals surface area contributed by atoms with E-state index < -0.39 is 0 Å². The van der Waals surface area contributed by atoms with Crippen LogP contribution in [-0.2, 0) is 4.79 Å². The molecule has 0 aliphatic heterocycles. The van der Waals surface area contributed by atoms with Crippen molar-refractivity contribution in [2.24, 2.45) is 10.7 Å². The fourth-order valence-corrected chi connectivity index (χ4v) is 0.604. The third-order valence-electron chi connectivity index (χ3n) is 1.15. The van der Waals surface area contributed by atoms with Crippen molar-refractivity contribution in [3.05, 3.63) is 24.0 Å². The van der Waals surface area contributed by atoms with Crippen LogP contribution < -0.4 is 5.73 Å². The van der Waals surface area contributed by atoms with E-state index in [0.717, 1.165) is 0 Å². The molecule has 0 heterocycles. The Labute approximate surface area is 82.4 Å². The summed E-state index contributed by atoms with van der Waals surface area (Å²) < 4.78 is 0. The van der Waals surface area contributed by atoms with Crippen LogP contribution in [0.1, 0.15) is 0 Å². The second-order valence-electron chi connectivity index (χ2n) is 2.43. The van der Waals surface area contributed by atoms with Gasteiger partial charge in [0.25, 0.3) is 5.91 Å². The molecule has 2 N–H and O–H groups in total. The molecule has 0 radical (unpaired) electrons. The maximum Gasteiger partial charge on any atom is 0.271 e. The Bertz CT molecular complexity index is 265. The summed E-state index contributed by atoms with van der Waals surface area (Å²) in [5.74, 6) is -0.246. The number of nitrogens with zero attached hydrogens (tertiary/aromatic N) is 2. The minimum atomic E-state index is -0.246. The number of aliphatic imine (C=N–C) groups is 1. The predicted octanol–water partition coefficient (Wildman–Crippen LogP) is 0.698. The Kier molecular flexibility index (Phi) is 4.84. The minimum absolute atomic E-state index is 0.0194. The Morgan fingerprint density at radius 3 is 2.46 bits per heavy atom. The van der Waals surface area contributed by atoms with Gasteiger partial charge in [0.05, 0.1) is 6.20 Å². The highest BCUT2D eigenvalue weighted by Gasteiger charge is 2.08. The van der Waals surface area contributed by atoms with Crippen molar-refractivity contribution in [2.45, 2.75) is 0 Å². The highest BCUT2D eigenvalue weighted by Crippen LogP contribution is 1.93. The Balaban J connectivity index is 4.70. The van der Waals surface area contributed by atoms with Gasteiger partial charge in [0.15, 0.2) is 0 Å². The maximum absolute atomic E-state index is 11.3. The van der Waals surface area contributed by atoms with Crippen LogP contribution in [0.3, 0.4) is 0 Å². The minimum Gasteiger partial charge on any atom is -0.388 e. The number of rotatable bonds is 3. The molecule has 1 amide bonds. The van der Waals surface area contributed by atoms with Gasteiger partial charge in [-0.05, 0) is 6.08 Å². The summed E-state index contributed by atoms with van der Waals surface area (Å²) in [5.41, 5.74) is 5.33. The third kappa shape index (κ3) is 4.32. The van der Waals surface area contributed by atoms with Gasteiger partial charge in [-0.25, -0.2) is 4.99 Å². The van der Waals surface area contributed by atoms with E-state index in [2.05, 4.69) is 11.6 Å². The van der Waals surface area contributed by atoms with Gasteiger partial charge in [0.1, 0.15) is 10.9 Å². The van der Waals surface area contributed by atoms with Crippen molar-refractivity contribution in [3.63, 3.8) is 0 Å². The van der Waals surface area contributed by atoms with E-state index in [4.69, 9.17) is 17.3 Å². The number of hydrogen-bond acceptors (Lipinski definition) is 3. The van der Waals surface area contributed by atoms with Gasteiger partial charge in [-0.3, -0.25) is 4.79 Å². The zero-order chi connectivity index (χ0) is 10.4. The van der Waals surface area contributed by atoms with Crippen molar-refractivity contribution >= 4 is 23.2 Å². The lowest BCUT2D eigenvalue weighted by atomic mass is 10.3. The largest absolute Gasteiger partial charge is 0.388 e. The van der Waals surface area contributed by atoms with Crippen molar-refractivity contribution in [1.29, 1.82) is 0 Å². The molecule has 72 valence electrons. The SMILES string of the molecule is C=C/C(=N\C=C(/N)Cl)C(=O)N(C)C. The maximum atomic E-state index is 11.3. The standard InChI is InChI=1S/C8H12ClN3O/c1-4-6(8(13)12(2)3)11-5-7(9)10/h4-5H,1,10H2,2-3H3/b7-5-,11-6+. The zero-order valence-corrected chi connectivity index (χ0v) is 8.38. The summed E-state index contributed by atoms with van der Waals surface area (Å²) >= 11 is 5.34.